The predicted molar refractivity (Wildman–Crippen MR) is 116 cm³/mol. The van der Waals surface area contributed by atoms with Gasteiger partial charge in [0.1, 0.15) is 0 Å². The standard InChI is InChI=1S/C23H17ClN2S/c1-16-10-12-18(13-11-16)21-22(19-7-3-2-4-8-19)27-23(26-21)25-15-17-6-5-9-20(24)14-17/h2-15H,1H3. The lowest BCUT2D eigenvalue weighted by atomic mass is 10.1. The molecular formula is C23H17ClN2S. The Kier molecular flexibility index (Phi) is 5.14. The number of thiazole rings is 1. The fraction of sp³-hybridized carbons (Fsp3) is 0.0435. The topological polar surface area (TPSA) is 25.2 Å². The molecule has 27 heavy (non-hydrogen) atoms. The summed E-state index contributed by atoms with van der Waals surface area (Å²) in [7, 11) is 0. The largest absolute Gasteiger partial charge is 0.227 e. The van der Waals surface area contributed by atoms with E-state index in [9.17, 15) is 0 Å². The summed E-state index contributed by atoms with van der Waals surface area (Å²) in [6.45, 7) is 2.09. The van der Waals surface area contributed by atoms with E-state index in [-0.39, 0.29) is 0 Å². The van der Waals surface area contributed by atoms with Crippen molar-refractivity contribution in [3.63, 3.8) is 0 Å². The third-order valence-corrected chi connectivity index (χ3v) is 5.40. The number of benzene rings is 3. The average Bonchev–Trinajstić information content (AvgIpc) is 3.12. The summed E-state index contributed by atoms with van der Waals surface area (Å²) in [6.07, 6.45) is 1.80. The molecule has 4 rings (SSSR count). The first kappa shape index (κ1) is 17.7. The van der Waals surface area contributed by atoms with Gasteiger partial charge in [0.25, 0.3) is 0 Å². The molecular weight excluding hydrogens is 372 g/mol. The maximum Gasteiger partial charge on any atom is 0.210 e. The Bertz CT molecular complexity index is 1080. The van der Waals surface area contributed by atoms with Gasteiger partial charge in [-0.1, -0.05) is 95.2 Å². The molecule has 4 heteroatoms. The van der Waals surface area contributed by atoms with Crippen molar-refractivity contribution in [2.24, 2.45) is 4.99 Å². The van der Waals surface area contributed by atoms with E-state index in [2.05, 4.69) is 48.3 Å². The molecule has 4 aromatic rings. The van der Waals surface area contributed by atoms with Crippen LogP contribution in [0.2, 0.25) is 5.02 Å². The zero-order valence-corrected chi connectivity index (χ0v) is 16.3. The molecule has 0 aliphatic heterocycles. The Balaban J connectivity index is 1.76. The van der Waals surface area contributed by atoms with E-state index in [1.807, 2.05) is 42.5 Å². The highest BCUT2D eigenvalue weighted by atomic mass is 35.5. The number of aliphatic imine (C=N–C) groups is 1. The fourth-order valence-corrected chi connectivity index (χ4v) is 3.91. The van der Waals surface area contributed by atoms with Crippen LogP contribution in [0.3, 0.4) is 0 Å². The first-order valence-corrected chi connectivity index (χ1v) is 9.81. The highest BCUT2D eigenvalue weighted by Gasteiger charge is 2.14. The molecule has 0 N–H and O–H groups in total. The molecule has 0 saturated heterocycles. The smallest absolute Gasteiger partial charge is 0.210 e. The Morgan fingerprint density at radius 2 is 1.67 bits per heavy atom. The highest BCUT2D eigenvalue weighted by Crippen LogP contribution is 2.40. The van der Waals surface area contributed by atoms with E-state index < -0.39 is 0 Å². The zero-order valence-electron chi connectivity index (χ0n) is 14.8. The second kappa shape index (κ2) is 7.87. The second-order valence-corrected chi connectivity index (χ2v) is 7.63. The third-order valence-electron chi connectivity index (χ3n) is 4.15. The van der Waals surface area contributed by atoms with Crippen LogP contribution in [0.25, 0.3) is 21.7 Å². The van der Waals surface area contributed by atoms with Gasteiger partial charge in [0, 0.05) is 16.8 Å². The molecule has 0 aliphatic rings. The predicted octanol–water partition coefficient (Wildman–Crippen LogP) is 7.19. The Morgan fingerprint density at radius 1 is 0.889 bits per heavy atom. The quantitative estimate of drug-likeness (QED) is 0.339. The van der Waals surface area contributed by atoms with Crippen LogP contribution < -0.4 is 0 Å². The molecule has 1 aromatic heterocycles. The summed E-state index contributed by atoms with van der Waals surface area (Å²) in [6, 6.07) is 26.4. The zero-order chi connectivity index (χ0) is 18.6. The average molecular weight is 389 g/mol. The van der Waals surface area contributed by atoms with Gasteiger partial charge in [-0.2, -0.15) is 0 Å². The van der Waals surface area contributed by atoms with E-state index >= 15 is 0 Å². The summed E-state index contributed by atoms with van der Waals surface area (Å²) in [5.74, 6) is 0. The molecule has 0 fully saturated rings. The van der Waals surface area contributed by atoms with Gasteiger partial charge in [-0.15, -0.1) is 0 Å². The van der Waals surface area contributed by atoms with Gasteiger partial charge in [-0.05, 0) is 30.2 Å². The van der Waals surface area contributed by atoms with Crippen LogP contribution in [0, 0.1) is 6.92 Å². The van der Waals surface area contributed by atoms with Gasteiger partial charge in [-0.3, -0.25) is 0 Å². The number of aromatic nitrogens is 1. The van der Waals surface area contributed by atoms with Crippen molar-refractivity contribution in [1.82, 2.24) is 4.98 Å². The summed E-state index contributed by atoms with van der Waals surface area (Å²) >= 11 is 7.65. The molecule has 0 aliphatic carbocycles. The molecule has 0 bridgehead atoms. The van der Waals surface area contributed by atoms with Gasteiger partial charge in [-0.25, -0.2) is 9.98 Å². The number of hydrogen-bond donors (Lipinski definition) is 0. The molecule has 0 saturated carbocycles. The molecule has 0 spiro atoms. The van der Waals surface area contributed by atoms with Crippen LogP contribution in [0.5, 0.6) is 0 Å². The summed E-state index contributed by atoms with van der Waals surface area (Å²) < 4.78 is 0. The van der Waals surface area contributed by atoms with Crippen molar-refractivity contribution < 1.29 is 0 Å². The summed E-state index contributed by atoms with van der Waals surface area (Å²) in [5.41, 5.74) is 5.39. The highest BCUT2D eigenvalue weighted by molar-refractivity contribution is 7.19. The Hall–Kier alpha value is -2.75. The Morgan fingerprint density at radius 3 is 2.41 bits per heavy atom. The summed E-state index contributed by atoms with van der Waals surface area (Å²) in [4.78, 5) is 10.5. The molecule has 1 heterocycles. The van der Waals surface area contributed by atoms with Crippen LogP contribution in [-0.4, -0.2) is 11.2 Å². The minimum absolute atomic E-state index is 0.698. The van der Waals surface area contributed by atoms with Crippen LogP contribution >= 0.6 is 22.9 Å². The van der Waals surface area contributed by atoms with Crippen molar-refractivity contribution in [2.75, 3.05) is 0 Å². The van der Waals surface area contributed by atoms with Gasteiger partial charge >= 0.3 is 0 Å². The van der Waals surface area contributed by atoms with E-state index in [0.29, 0.717) is 5.02 Å². The van der Waals surface area contributed by atoms with E-state index in [1.165, 1.54) is 5.56 Å². The second-order valence-electron chi connectivity index (χ2n) is 6.22. The van der Waals surface area contributed by atoms with E-state index in [4.69, 9.17) is 16.6 Å². The van der Waals surface area contributed by atoms with Crippen molar-refractivity contribution in [3.05, 3.63) is 95.0 Å². The van der Waals surface area contributed by atoms with Gasteiger partial charge in [0.05, 0.1) is 10.6 Å². The van der Waals surface area contributed by atoms with Crippen molar-refractivity contribution in [2.45, 2.75) is 6.92 Å². The molecule has 0 atom stereocenters. The molecule has 0 unspecified atom stereocenters. The van der Waals surface area contributed by atoms with Gasteiger partial charge < -0.3 is 0 Å². The van der Waals surface area contributed by atoms with Crippen molar-refractivity contribution >= 4 is 34.3 Å². The molecule has 2 nitrogen and oxygen atoms in total. The Labute approximate surface area is 167 Å². The number of rotatable bonds is 4. The van der Waals surface area contributed by atoms with Gasteiger partial charge in [0.15, 0.2) is 0 Å². The maximum absolute atomic E-state index is 6.05. The molecule has 0 amide bonds. The minimum Gasteiger partial charge on any atom is -0.227 e. The summed E-state index contributed by atoms with van der Waals surface area (Å²) in [5, 5.41) is 1.42. The van der Waals surface area contributed by atoms with E-state index in [1.54, 1.807) is 17.6 Å². The lowest BCUT2D eigenvalue weighted by Crippen LogP contribution is -1.82. The van der Waals surface area contributed by atoms with Gasteiger partial charge in [0.2, 0.25) is 5.13 Å². The molecule has 0 radical (unpaired) electrons. The van der Waals surface area contributed by atoms with E-state index in [0.717, 1.165) is 32.4 Å². The van der Waals surface area contributed by atoms with Crippen LogP contribution in [0.1, 0.15) is 11.1 Å². The lowest BCUT2D eigenvalue weighted by Gasteiger charge is -2.03. The maximum atomic E-state index is 6.05. The van der Waals surface area contributed by atoms with Crippen LogP contribution in [0.15, 0.2) is 83.9 Å². The fourth-order valence-electron chi connectivity index (χ4n) is 2.77. The monoisotopic (exact) mass is 388 g/mol. The first-order chi connectivity index (χ1) is 13.2. The van der Waals surface area contributed by atoms with Crippen LogP contribution in [0.4, 0.5) is 5.13 Å². The first-order valence-electron chi connectivity index (χ1n) is 8.62. The van der Waals surface area contributed by atoms with Crippen molar-refractivity contribution in [1.29, 1.82) is 0 Å². The lowest BCUT2D eigenvalue weighted by molar-refractivity contribution is 1.35. The minimum atomic E-state index is 0.698. The van der Waals surface area contributed by atoms with Crippen molar-refractivity contribution in [3.8, 4) is 21.7 Å². The SMILES string of the molecule is Cc1ccc(-c2nc(N=Cc3cccc(Cl)c3)sc2-c2ccccc2)cc1. The number of halogens is 1. The third kappa shape index (κ3) is 4.16. The number of aryl methyl sites for hydroxylation is 1. The van der Waals surface area contributed by atoms with Crippen LogP contribution in [-0.2, 0) is 0 Å². The number of nitrogens with zero attached hydrogens (tertiary/aromatic N) is 2. The normalized spacial score (nSPS) is 11.2. The molecule has 3 aromatic carbocycles. The number of hydrogen-bond acceptors (Lipinski definition) is 3. The molecule has 132 valence electrons.